The highest BCUT2D eigenvalue weighted by Gasteiger charge is 2.47. The number of fused-ring (bicyclic) bond motifs is 1. The number of aromatic nitrogens is 1. The zero-order valence-electron chi connectivity index (χ0n) is 18.5. The number of aryl methyl sites for hydroxylation is 1. The number of Topliss-reactive ketones (excluding diaryl/α,β-unsaturated/α-hetero) is 1. The smallest absolute Gasteiger partial charge is 0.296 e. The number of hydrogen-bond acceptors (Lipinski definition) is 5. The summed E-state index contributed by atoms with van der Waals surface area (Å²) in [4.78, 5) is 28.0. The Morgan fingerprint density at radius 1 is 1.15 bits per heavy atom. The third-order valence-electron chi connectivity index (χ3n) is 6.10. The van der Waals surface area contributed by atoms with Crippen molar-refractivity contribution in [2.45, 2.75) is 12.6 Å². The van der Waals surface area contributed by atoms with E-state index >= 15 is 0 Å². The zero-order chi connectivity index (χ0) is 24.0. The molecule has 0 radical (unpaired) electrons. The van der Waals surface area contributed by atoms with Gasteiger partial charge in [0.15, 0.2) is 0 Å². The lowest BCUT2D eigenvalue weighted by Gasteiger charge is -2.24. The number of ether oxygens (including phenoxy) is 1. The van der Waals surface area contributed by atoms with Gasteiger partial charge in [-0.15, -0.1) is 0 Å². The van der Waals surface area contributed by atoms with Gasteiger partial charge in [-0.25, -0.2) is 0 Å². The number of furan rings is 1. The van der Waals surface area contributed by atoms with Gasteiger partial charge in [0.25, 0.3) is 11.7 Å². The fraction of sp³-hybridized carbons (Fsp3) is 0.154. The summed E-state index contributed by atoms with van der Waals surface area (Å²) >= 11 is 6.38. The molecule has 3 heterocycles. The van der Waals surface area contributed by atoms with Crippen molar-refractivity contribution < 1.29 is 23.8 Å². The van der Waals surface area contributed by atoms with Crippen molar-refractivity contribution >= 4 is 40.0 Å². The van der Waals surface area contributed by atoms with E-state index in [1.807, 2.05) is 42.1 Å². The molecule has 1 aliphatic rings. The minimum Gasteiger partial charge on any atom is -0.507 e. The van der Waals surface area contributed by atoms with Crippen LogP contribution in [0.25, 0.3) is 16.7 Å². The molecule has 1 saturated heterocycles. The van der Waals surface area contributed by atoms with Crippen LogP contribution in [0, 0.1) is 0 Å². The summed E-state index contributed by atoms with van der Waals surface area (Å²) in [5.41, 5.74) is 1.82. The van der Waals surface area contributed by atoms with Crippen LogP contribution in [0.4, 0.5) is 0 Å². The first-order valence-corrected chi connectivity index (χ1v) is 11.0. The van der Waals surface area contributed by atoms with E-state index < -0.39 is 17.7 Å². The molecule has 0 aliphatic carbocycles. The van der Waals surface area contributed by atoms with E-state index in [1.165, 1.54) is 24.3 Å². The molecule has 1 atom stereocenters. The highest BCUT2D eigenvalue weighted by atomic mass is 35.5. The van der Waals surface area contributed by atoms with Crippen LogP contribution in [0.5, 0.6) is 5.75 Å². The Hall–Kier alpha value is -3.97. The van der Waals surface area contributed by atoms with Crippen LogP contribution in [-0.4, -0.2) is 33.4 Å². The predicted molar refractivity (Wildman–Crippen MR) is 127 cm³/mol. The number of benzene rings is 2. The van der Waals surface area contributed by atoms with E-state index in [0.29, 0.717) is 17.1 Å². The van der Waals surface area contributed by atoms with Crippen molar-refractivity contribution in [3.63, 3.8) is 0 Å². The van der Waals surface area contributed by atoms with Crippen LogP contribution in [0.3, 0.4) is 0 Å². The SMILES string of the molecule is COc1ccc(Cl)c(/C(O)=C2\C(=O)C(=O)N(Cc3ccco3)C2c2cn(C)c3ccccc23)c1. The van der Waals surface area contributed by atoms with Crippen LogP contribution in [0.15, 0.2) is 77.0 Å². The maximum Gasteiger partial charge on any atom is 0.296 e. The summed E-state index contributed by atoms with van der Waals surface area (Å²) < 4.78 is 12.6. The Bertz CT molecular complexity index is 1450. The monoisotopic (exact) mass is 476 g/mol. The molecule has 0 saturated carbocycles. The highest BCUT2D eigenvalue weighted by Crippen LogP contribution is 2.44. The fourth-order valence-corrected chi connectivity index (χ4v) is 4.69. The molecule has 5 rings (SSSR count). The minimum absolute atomic E-state index is 0.0388. The van der Waals surface area contributed by atoms with Gasteiger partial charge in [-0.1, -0.05) is 29.8 Å². The lowest BCUT2D eigenvalue weighted by molar-refractivity contribution is -0.140. The van der Waals surface area contributed by atoms with Gasteiger partial charge in [-0.05, 0) is 36.4 Å². The number of rotatable bonds is 5. The van der Waals surface area contributed by atoms with E-state index in [1.54, 1.807) is 24.3 Å². The van der Waals surface area contributed by atoms with Crippen molar-refractivity contribution in [1.29, 1.82) is 0 Å². The molecule has 1 N–H and O–H groups in total. The molecule has 1 fully saturated rings. The molecule has 1 unspecified atom stereocenters. The molecule has 1 aliphatic heterocycles. The van der Waals surface area contributed by atoms with Gasteiger partial charge < -0.3 is 23.7 Å². The van der Waals surface area contributed by atoms with Gasteiger partial charge in [0, 0.05) is 35.3 Å². The molecule has 4 aromatic rings. The Morgan fingerprint density at radius 2 is 1.94 bits per heavy atom. The van der Waals surface area contributed by atoms with Gasteiger partial charge in [-0.3, -0.25) is 9.59 Å². The molecule has 7 nitrogen and oxygen atoms in total. The summed E-state index contributed by atoms with van der Waals surface area (Å²) in [6.07, 6.45) is 3.38. The van der Waals surface area contributed by atoms with Crippen molar-refractivity contribution in [2.24, 2.45) is 7.05 Å². The number of ketones is 1. The number of halogens is 1. The van der Waals surface area contributed by atoms with E-state index in [-0.39, 0.29) is 28.5 Å². The van der Waals surface area contributed by atoms with Crippen molar-refractivity contribution in [2.75, 3.05) is 7.11 Å². The van der Waals surface area contributed by atoms with E-state index in [4.69, 9.17) is 20.8 Å². The summed E-state index contributed by atoms with van der Waals surface area (Å²) in [6, 6.07) is 15.1. The Morgan fingerprint density at radius 3 is 2.68 bits per heavy atom. The number of hydrogen-bond donors (Lipinski definition) is 1. The number of methoxy groups -OCH3 is 1. The van der Waals surface area contributed by atoms with Crippen molar-refractivity contribution in [1.82, 2.24) is 9.47 Å². The van der Waals surface area contributed by atoms with Crippen molar-refractivity contribution in [3.8, 4) is 5.75 Å². The molecule has 1 amide bonds. The van der Waals surface area contributed by atoms with E-state index in [9.17, 15) is 14.7 Å². The maximum atomic E-state index is 13.3. The Balaban J connectivity index is 1.76. The lowest BCUT2D eigenvalue weighted by Crippen LogP contribution is -2.29. The summed E-state index contributed by atoms with van der Waals surface area (Å²) in [5.74, 6) is -0.901. The van der Waals surface area contributed by atoms with Gasteiger partial charge in [0.2, 0.25) is 0 Å². The number of nitrogens with zero attached hydrogens (tertiary/aromatic N) is 2. The standard InChI is InChI=1S/C26H21ClN2O5/c1-28-14-19(17-7-3-4-8-21(17)28)23-22(24(30)18-12-15(33-2)9-10-20(18)27)25(31)26(32)29(23)13-16-6-5-11-34-16/h3-12,14,23,30H,13H2,1-2H3/b24-22+. The average molecular weight is 477 g/mol. The molecule has 2 aromatic carbocycles. The Kier molecular flexibility index (Phi) is 5.42. The number of aliphatic hydroxyl groups is 1. The number of carbonyl (C=O) groups is 2. The van der Waals surface area contributed by atoms with Gasteiger partial charge in [-0.2, -0.15) is 0 Å². The van der Waals surface area contributed by atoms with Crippen LogP contribution in [-0.2, 0) is 23.2 Å². The highest BCUT2D eigenvalue weighted by molar-refractivity contribution is 6.47. The molecule has 2 aromatic heterocycles. The van der Waals surface area contributed by atoms with E-state index in [2.05, 4.69) is 0 Å². The number of amides is 1. The third kappa shape index (κ3) is 3.45. The normalized spacial score (nSPS) is 17.6. The van der Waals surface area contributed by atoms with Crippen molar-refractivity contribution in [3.05, 3.63) is 94.5 Å². The van der Waals surface area contributed by atoms with Gasteiger partial charge >= 0.3 is 0 Å². The summed E-state index contributed by atoms with van der Waals surface area (Å²) in [5, 5.41) is 12.5. The molecule has 172 valence electrons. The van der Waals surface area contributed by atoms with Gasteiger partial charge in [0.1, 0.15) is 17.3 Å². The van der Waals surface area contributed by atoms with Crippen LogP contribution in [0.1, 0.15) is 22.9 Å². The number of carbonyl (C=O) groups excluding carboxylic acids is 2. The third-order valence-corrected chi connectivity index (χ3v) is 6.43. The predicted octanol–water partition coefficient (Wildman–Crippen LogP) is 5.06. The molecular weight excluding hydrogens is 456 g/mol. The Labute approximate surface area is 200 Å². The summed E-state index contributed by atoms with van der Waals surface area (Å²) in [6.45, 7) is 0.0636. The van der Waals surface area contributed by atoms with E-state index in [0.717, 1.165) is 10.9 Å². The second-order valence-electron chi connectivity index (χ2n) is 8.06. The molecule has 0 bridgehead atoms. The van der Waals surface area contributed by atoms with Crippen LogP contribution < -0.4 is 4.74 Å². The second-order valence-corrected chi connectivity index (χ2v) is 8.47. The average Bonchev–Trinajstić information content (AvgIpc) is 3.54. The minimum atomic E-state index is -0.849. The maximum absolute atomic E-state index is 13.3. The first-order valence-electron chi connectivity index (χ1n) is 10.6. The number of para-hydroxylation sites is 1. The first-order chi connectivity index (χ1) is 16.4. The molecule has 34 heavy (non-hydrogen) atoms. The first kappa shape index (κ1) is 21.9. The van der Waals surface area contributed by atoms with Crippen LogP contribution >= 0.6 is 11.6 Å². The number of likely N-dealkylation sites (tertiary alicyclic amines) is 1. The molecule has 0 spiro atoms. The largest absolute Gasteiger partial charge is 0.507 e. The lowest BCUT2D eigenvalue weighted by atomic mass is 9.95. The van der Waals surface area contributed by atoms with Crippen LogP contribution in [0.2, 0.25) is 5.02 Å². The second kappa shape index (κ2) is 8.43. The quantitative estimate of drug-likeness (QED) is 0.247. The topological polar surface area (TPSA) is 84.9 Å². The molecule has 8 heteroatoms. The fourth-order valence-electron chi connectivity index (χ4n) is 4.49. The molecular formula is C26H21ClN2O5. The summed E-state index contributed by atoms with van der Waals surface area (Å²) in [7, 11) is 3.38. The number of aliphatic hydroxyl groups excluding tert-OH is 1. The zero-order valence-corrected chi connectivity index (χ0v) is 19.2. The van der Waals surface area contributed by atoms with Gasteiger partial charge in [0.05, 0.1) is 36.6 Å².